The SMILES string of the molecule is CN(Cc1ccc(N(C)C)cc1)C(=O)CCc1ncc(-c2ccc(F)cc2F)o1. The van der Waals surface area contributed by atoms with Gasteiger partial charge in [0.05, 0.1) is 11.8 Å². The summed E-state index contributed by atoms with van der Waals surface area (Å²) >= 11 is 0. The van der Waals surface area contributed by atoms with Crippen LogP contribution in [-0.4, -0.2) is 36.9 Å². The summed E-state index contributed by atoms with van der Waals surface area (Å²) in [6, 6.07) is 11.3. The molecule has 5 nitrogen and oxygen atoms in total. The van der Waals surface area contributed by atoms with Gasteiger partial charge in [-0.25, -0.2) is 13.8 Å². The second-order valence-electron chi connectivity index (χ2n) is 7.05. The van der Waals surface area contributed by atoms with Crippen LogP contribution in [0.2, 0.25) is 0 Å². The molecule has 3 rings (SSSR count). The summed E-state index contributed by atoms with van der Waals surface area (Å²) in [5.74, 6) is -0.880. The number of hydrogen-bond donors (Lipinski definition) is 0. The van der Waals surface area contributed by atoms with E-state index in [1.807, 2.05) is 43.3 Å². The van der Waals surface area contributed by atoms with Gasteiger partial charge in [-0.2, -0.15) is 0 Å². The highest BCUT2D eigenvalue weighted by Gasteiger charge is 2.15. The Balaban J connectivity index is 1.55. The maximum absolute atomic E-state index is 13.9. The third-order valence-electron chi connectivity index (χ3n) is 4.60. The number of oxazole rings is 1. The van der Waals surface area contributed by atoms with E-state index in [9.17, 15) is 13.6 Å². The molecule has 0 N–H and O–H groups in total. The van der Waals surface area contributed by atoms with Crippen molar-refractivity contribution in [2.24, 2.45) is 0 Å². The van der Waals surface area contributed by atoms with E-state index in [-0.39, 0.29) is 23.7 Å². The van der Waals surface area contributed by atoms with Crippen molar-refractivity contribution in [3.8, 4) is 11.3 Å². The Kier molecular flexibility index (Phi) is 6.26. The van der Waals surface area contributed by atoms with Crippen LogP contribution in [-0.2, 0) is 17.8 Å². The van der Waals surface area contributed by atoms with Gasteiger partial charge in [-0.05, 0) is 29.8 Å². The molecular weight excluding hydrogens is 376 g/mol. The first-order valence-electron chi connectivity index (χ1n) is 9.24. The molecule has 0 aliphatic rings. The van der Waals surface area contributed by atoms with Gasteiger partial charge in [0, 0.05) is 52.3 Å². The molecule has 0 fully saturated rings. The number of nitrogens with zero attached hydrogens (tertiary/aromatic N) is 3. The van der Waals surface area contributed by atoms with E-state index in [1.54, 1.807) is 11.9 Å². The number of rotatable bonds is 7. The van der Waals surface area contributed by atoms with Crippen LogP contribution in [0, 0.1) is 11.6 Å². The molecule has 1 aromatic heterocycles. The summed E-state index contributed by atoms with van der Waals surface area (Å²) < 4.78 is 32.4. The zero-order valence-electron chi connectivity index (χ0n) is 16.7. The quantitative estimate of drug-likeness (QED) is 0.595. The van der Waals surface area contributed by atoms with Gasteiger partial charge in [0.1, 0.15) is 11.6 Å². The second kappa shape index (κ2) is 8.86. The van der Waals surface area contributed by atoms with Gasteiger partial charge >= 0.3 is 0 Å². The Bertz CT molecular complexity index is 984. The van der Waals surface area contributed by atoms with Gasteiger partial charge in [-0.1, -0.05) is 12.1 Å². The topological polar surface area (TPSA) is 49.6 Å². The Hall–Kier alpha value is -3.22. The molecule has 0 spiro atoms. The number of aryl methyl sites for hydroxylation is 1. The van der Waals surface area contributed by atoms with Gasteiger partial charge in [0.2, 0.25) is 5.91 Å². The van der Waals surface area contributed by atoms with Crippen LogP contribution in [0.25, 0.3) is 11.3 Å². The van der Waals surface area contributed by atoms with Crippen molar-refractivity contribution in [3.63, 3.8) is 0 Å². The highest BCUT2D eigenvalue weighted by atomic mass is 19.1. The average Bonchev–Trinajstić information content (AvgIpc) is 3.15. The van der Waals surface area contributed by atoms with Crippen molar-refractivity contribution >= 4 is 11.6 Å². The molecule has 0 saturated carbocycles. The van der Waals surface area contributed by atoms with Crippen LogP contribution in [0.3, 0.4) is 0 Å². The number of benzene rings is 2. The lowest BCUT2D eigenvalue weighted by atomic mass is 10.2. The van der Waals surface area contributed by atoms with Crippen LogP contribution in [0.4, 0.5) is 14.5 Å². The van der Waals surface area contributed by atoms with Crippen LogP contribution < -0.4 is 4.90 Å². The van der Waals surface area contributed by atoms with E-state index < -0.39 is 11.6 Å². The highest BCUT2D eigenvalue weighted by molar-refractivity contribution is 5.76. The average molecular weight is 399 g/mol. The maximum atomic E-state index is 13.9. The van der Waals surface area contributed by atoms with Crippen molar-refractivity contribution in [2.45, 2.75) is 19.4 Å². The van der Waals surface area contributed by atoms with Gasteiger partial charge in [-0.3, -0.25) is 4.79 Å². The summed E-state index contributed by atoms with van der Waals surface area (Å²) in [6.45, 7) is 0.504. The number of carbonyl (C=O) groups is 1. The first-order chi connectivity index (χ1) is 13.8. The molecule has 29 heavy (non-hydrogen) atoms. The number of aromatic nitrogens is 1. The predicted molar refractivity (Wildman–Crippen MR) is 107 cm³/mol. The maximum Gasteiger partial charge on any atom is 0.223 e. The summed E-state index contributed by atoms with van der Waals surface area (Å²) in [5.41, 5.74) is 2.27. The Morgan fingerprint density at radius 2 is 1.79 bits per heavy atom. The molecule has 7 heteroatoms. The molecule has 152 valence electrons. The van der Waals surface area contributed by atoms with Crippen molar-refractivity contribution in [3.05, 3.63) is 71.8 Å². The normalized spacial score (nSPS) is 10.8. The number of halogens is 2. The molecule has 0 aliphatic carbocycles. The Morgan fingerprint density at radius 1 is 1.07 bits per heavy atom. The Labute approximate surface area is 168 Å². The second-order valence-corrected chi connectivity index (χ2v) is 7.05. The minimum absolute atomic E-state index is 0.0469. The summed E-state index contributed by atoms with van der Waals surface area (Å²) in [6.07, 6.45) is 1.90. The van der Waals surface area contributed by atoms with E-state index in [0.717, 1.165) is 23.4 Å². The number of carbonyl (C=O) groups excluding carboxylic acids is 1. The lowest BCUT2D eigenvalue weighted by Crippen LogP contribution is -2.26. The molecule has 0 saturated heterocycles. The minimum Gasteiger partial charge on any atom is -0.441 e. The summed E-state index contributed by atoms with van der Waals surface area (Å²) in [7, 11) is 5.70. The van der Waals surface area contributed by atoms with E-state index >= 15 is 0 Å². The van der Waals surface area contributed by atoms with Gasteiger partial charge in [0.25, 0.3) is 0 Å². The lowest BCUT2D eigenvalue weighted by molar-refractivity contribution is -0.130. The van der Waals surface area contributed by atoms with E-state index in [0.29, 0.717) is 18.9 Å². The highest BCUT2D eigenvalue weighted by Crippen LogP contribution is 2.24. The number of anilines is 1. The summed E-state index contributed by atoms with van der Waals surface area (Å²) in [4.78, 5) is 20.2. The zero-order valence-corrected chi connectivity index (χ0v) is 16.7. The zero-order chi connectivity index (χ0) is 21.0. The number of amides is 1. The van der Waals surface area contributed by atoms with Gasteiger partial charge in [0.15, 0.2) is 11.7 Å². The molecule has 0 aliphatic heterocycles. The molecule has 2 aromatic carbocycles. The van der Waals surface area contributed by atoms with Crippen LogP contribution in [0.1, 0.15) is 17.9 Å². The Morgan fingerprint density at radius 3 is 2.45 bits per heavy atom. The molecule has 1 heterocycles. The smallest absolute Gasteiger partial charge is 0.223 e. The molecule has 1 amide bonds. The van der Waals surface area contributed by atoms with E-state index in [1.165, 1.54) is 12.3 Å². The molecule has 0 bridgehead atoms. The van der Waals surface area contributed by atoms with Crippen LogP contribution >= 0.6 is 0 Å². The van der Waals surface area contributed by atoms with Gasteiger partial charge < -0.3 is 14.2 Å². The third kappa shape index (κ3) is 5.19. The van der Waals surface area contributed by atoms with Crippen molar-refractivity contribution < 1.29 is 18.0 Å². The first kappa shape index (κ1) is 20.5. The molecule has 3 aromatic rings. The molecular formula is C22H23F2N3O2. The molecule has 0 radical (unpaired) electrons. The fourth-order valence-corrected chi connectivity index (χ4v) is 2.91. The van der Waals surface area contributed by atoms with Gasteiger partial charge in [-0.15, -0.1) is 0 Å². The van der Waals surface area contributed by atoms with Crippen molar-refractivity contribution in [2.75, 3.05) is 26.0 Å². The molecule has 0 atom stereocenters. The summed E-state index contributed by atoms with van der Waals surface area (Å²) in [5, 5.41) is 0. The molecule has 0 unspecified atom stereocenters. The fourth-order valence-electron chi connectivity index (χ4n) is 2.91. The minimum atomic E-state index is -0.719. The van der Waals surface area contributed by atoms with E-state index in [4.69, 9.17) is 4.42 Å². The van der Waals surface area contributed by atoms with Crippen molar-refractivity contribution in [1.29, 1.82) is 0 Å². The van der Waals surface area contributed by atoms with Crippen LogP contribution in [0.5, 0.6) is 0 Å². The largest absolute Gasteiger partial charge is 0.441 e. The fraction of sp³-hybridized carbons (Fsp3) is 0.273. The standard InChI is InChI=1S/C22H23F2N3O2/c1-26(2)17-7-4-15(5-8-17)14-27(3)22(28)11-10-21-25-13-20(29-21)18-9-6-16(23)12-19(18)24/h4-9,12-13H,10-11,14H2,1-3H3. The first-order valence-corrected chi connectivity index (χ1v) is 9.24. The lowest BCUT2D eigenvalue weighted by Gasteiger charge is -2.18. The van der Waals surface area contributed by atoms with Crippen LogP contribution in [0.15, 0.2) is 53.1 Å². The number of hydrogen-bond acceptors (Lipinski definition) is 4. The predicted octanol–water partition coefficient (Wildman–Crippen LogP) is 4.28. The van der Waals surface area contributed by atoms with E-state index in [2.05, 4.69) is 4.98 Å². The van der Waals surface area contributed by atoms with Crippen molar-refractivity contribution in [1.82, 2.24) is 9.88 Å². The monoisotopic (exact) mass is 399 g/mol. The third-order valence-corrected chi connectivity index (χ3v) is 4.60.